The lowest BCUT2D eigenvalue weighted by Crippen LogP contribution is -2.17. The van der Waals surface area contributed by atoms with E-state index >= 15 is 0 Å². The van der Waals surface area contributed by atoms with E-state index in [2.05, 4.69) is 11.9 Å². The molecule has 1 aromatic carbocycles. The van der Waals surface area contributed by atoms with E-state index < -0.39 is 0 Å². The van der Waals surface area contributed by atoms with Crippen LogP contribution in [-0.4, -0.2) is 22.8 Å². The first-order valence-electron chi connectivity index (χ1n) is 6.78. The van der Waals surface area contributed by atoms with Crippen molar-refractivity contribution in [3.05, 3.63) is 28.7 Å². The van der Waals surface area contributed by atoms with Crippen molar-refractivity contribution in [1.29, 1.82) is 0 Å². The molecule has 1 heterocycles. The molecule has 0 fully saturated rings. The number of benzene rings is 1. The van der Waals surface area contributed by atoms with Gasteiger partial charge in [-0.3, -0.25) is 4.57 Å². The van der Waals surface area contributed by atoms with E-state index in [9.17, 15) is 4.79 Å². The summed E-state index contributed by atoms with van der Waals surface area (Å²) in [6.07, 6.45) is 3.05. The molecule has 19 heavy (non-hydrogen) atoms. The van der Waals surface area contributed by atoms with E-state index in [0.29, 0.717) is 18.8 Å². The molecule has 2 aromatic rings. The van der Waals surface area contributed by atoms with Crippen molar-refractivity contribution < 1.29 is 4.74 Å². The van der Waals surface area contributed by atoms with E-state index in [-0.39, 0.29) is 5.69 Å². The average molecular weight is 263 g/mol. The number of rotatable bonds is 7. The zero-order chi connectivity index (χ0) is 13.7. The highest BCUT2D eigenvalue weighted by Crippen LogP contribution is 2.14. The van der Waals surface area contributed by atoms with Gasteiger partial charge >= 0.3 is 5.69 Å². The van der Waals surface area contributed by atoms with Gasteiger partial charge in [-0.25, -0.2) is 4.79 Å². The van der Waals surface area contributed by atoms with Crippen LogP contribution in [0.2, 0.25) is 0 Å². The molecule has 0 aliphatic rings. The number of nitrogens with two attached hydrogens (primary N) is 1. The van der Waals surface area contributed by atoms with Crippen LogP contribution < -0.4 is 11.4 Å². The van der Waals surface area contributed by atoms with Gasteiger partial charge in [-0.2, -0.15) is 0 Å². The minimum absolute atomic E-state index is 0.0887. The number of aromatic nitrogens is 2. The van der Waals surface area contributed by atoms with E-state index in [1.165, 1.54) is 0 Å². The van der Waals surface area contributed by atoms with E-state index in [1.807, 2.05) is 12.1 Å². The number of imidazole rings is 1. The van der Waals surface area contributed by atoms with E-state index in [0.717, 1.165) is 36.9 Å². The number of H-pyrrole nitrogens is 1. The lowest BCUT2D eigenvalue weighted by Gasteiger charge is -2.05. The molecule has 5 nitrogen and oxygen atoms in total. The topological polar surface area (TPSA) is 73.0 Å². The van der Waals surface area contributed by atoms with Crippen LogP contribution in [0.15, 0.2) is 23.0 Å². The van der Waals surface area contributed by atoms with Gasteiger partial charge in [-0.1, -0.05) is 13.3 Å². The summed E-state index contributed by atoms with van der Waals surface area (Å²) in [5.41, 5.74) is 8.02. The molecule has 0 unspecified atom stereocenters. The number of anilines is 1. The molecule has 0 amide bonds. The van der Waals surface area contributed by atoms with Crippen molar-refractivity contribution >= 4 is 16.7 Å². The molecule has 104 valence electrons. The smallest absolute Gasteiger partial charge is 0.326 e. The minimum atomic E-state index is -0.0887. The summed E-state index contributed by atoms with van der Waals surface area (Å²) in [5, 5.41) is 0. The molecule has 0 radical (unpaired) electrons. The number of unbranched alkanes of at least 4 members (excludes halogenated alkanes) is 1. The predicted molar refractivity (Wildman–Crippen MR) is 77.3 cm³/mol. The maximum absolute atomic E-state index is 11.8. The number of aryl methyl sites for hydroxylation is 1. The number of nitrogens with zero attached hydrogens (tertiary/aromatic N) is 1. The van der Waals surface area contributed by atoms with Gasteiger partial charge in [0.1, 0.15) is 0 Å². The fraction of sp³-hybridized carbons (Fsp3) is 0.500. The molecule has 0 aliphatic heterocycles. The van der Waals surface area contributed by atoms with Crippen LogP contribution in [0.4, 0.5) is 5.69 Å². The van der Waals surface area contributed by atoms with Crippen LogP contribution in [-0.2, 0) is 11.3 Å². The second-order valence-corrected chi connectivity index (χ2v) is 4.68. The van der Waals surface area contributed by atoms with Crippen LogP contribution in [0.1, 0.15) is 26.2 Å². The Labute approximate surface area is 112 Å². The monoisotopic (exact) mass is 263 g/mol. The summed E-state index contributed by atoms with van der Waals surface area (Å²) in [6.45, 7) is 4.27. The van der Waals surface area contributed by atoms with Gasteiger partial charge in [0.05, 0.1) is 11.0 Å². The molecule has 3 N–H and O–H groups in total. The number of hydrogen-bond acceptors (Lipinski definition) is 3. The molecule has 0 bridgehead atoms. The zero-order valence-electron chi connectivity index (χ0n) is 11.3. The van der Waals surface area contributed by atoms with Gasteiger partial charge < -0.3 is 15.5 Å². The maximum atomic E-state index is 11.8. The molecule has 5 heteroatoms. The number of hydrogen-bond donors (Lipinski definition) is 2. The lowest BCUT2D eigenvalue weighted by atomic mass is 10.3. The normalized spacial score (nSPS) is 11.2. The molecule has 0 saturated carbocycles. The summed E-state index contributed by atoms with van der Waals surface area (Å²) in [5.74, 6) is 0. The van der Waals surface area contributed by atoms with Crippen LogP contribution in [0.3, 0.4) is 0 Å². The van der Waals surface area contributed by atoms with Gasteiger partial charge in [0.15, 0.2) is 0 Å². The number of ether oxygens (including phenoxy) is 1. The fourth-order valence-electron chi connectivity index (χ4n) is 2.06. The highest BCUT2D eigenvalue weighted by Gasteiger charge is 2.06. The lowest BCUT2D eigenvalue weighted by molar-refractivity contribution is 0.126. The first-order valence-corrected chi connectivity index (χ1v) is 6.78. The maximum Gasteiger partial charge on any atom is 0.326 e. The number of nitrogens with one attached hydrogen (secondary N) is 1. The summed E-state index contributed by atoms with van der Waals surface area (Å²) >= 11 is 0. The third kappa shape index (κ3) is 3.38. The molecular formula is C14H21N3O2. The molecule has 0 aliphatic carbocycles. The zero-order valence-corrected chi connectivity index (χ0v) is 11.3. The van der Waals surface area contributed by atoms with Gasteiger partial charge in [0.25, 0.3) is 0 Å². The van der Waals surface area contributed by atoms with E-state index in [4.69, 9.17) is 10.5 Å². The third-order valence-corrected chi connectivity index (χ3v) is 3.11. The van der Waals surface area contributed by atoms with Crippen LogP contribution in [0.25, 0.3) is 11.0 Å². The first-order chi connectivity index (χ1) is 9.22. The molecule has 0 saturated heterocycles. The minimum Gasteiger partial charge on any atom is -0.399 e. The van der Waals surface area contributed by atoms with Crippen LogP contribution >= 0.6 is 0 Å². The second kappa shape index (κ2) is 6.43. The Morgan fingerprint density at radius 3 is 2.89 bits per heavy atom. The Morgan fingerprint density at radius 1 is 1.32 bits per heavy atom. The van der Waals surface area contributed by atoms with E-state index in [1.54, 1.807) is 10.6 Å². The molecular weight excluding hydrogens is 242 g/mol. The molecule has 0 atom stereocenters. The fourth-order valence-corrected chi connectivity index (χ4v) is 2.06. The van der Waals surface area contributed by atoms with Gasteiger partial charge in [0, 0.05) is 25.4 Å². The highest BCUT2D eigenvalue weighted by molar-refractivity contribution is 5.78. The number of fused-ring (bicyclic) bond motifs is 1. The Bertz CT molecular complexity index is 586. The Morgan fingerprint density at radius 2 is 2.11 bits per heavy atom. The highest BCUT2D eigenvalue weighted by atomic mass is 16.5. The summed E-state index contributed by atoms with van der Waals surface area (Å²) < 4.78 is 7.21. The summed E-state index contributed by atoms with van der Waals surface area (Å²) in [6, 6.07) is 5.45. The summed E-state index contributed by atoms with van der Waals surface area (Å²) in [7, 11) is 0. The average Bonchev–Trinajstić information content (AvgIpc) is 2.69. The quantitative estimate of drug-likeness (QED) is 0.593. The number of aromatic amines is 1. The predicted octanol–water partition coefficient (Wildman–Crippen LogP) is 2.12. The first kappa shape index (κ1) is 13.7. The number of nitrogen functional groups attached to an aromatic ring is 1. The summed E-state index contributed by atoms with van der Waals surface area (Å²) in [4.78, 5) is 14.7. The SMILES string of the molecule is CCCCOCCCn1c(=O)[nH]c2ccc(N)cc21. The second-order valence-electron chi connectivity index (χ2n) is 4.68. The van der Waals surface area contributed by atoms with Gasteiger partial charge in [-0.05, 0) is 31.0 Å². The molecule has 2 rings (SSSR count). The van der Waals surface area contributed by atoms with Gasteiger partial charge in [-0.15, -0.1) is 0 Å². The van der Waals surface area contributed by atoms with Gasteiger partial charge in [0.2, 0.25) is 0 Å². The van der Waals surface area contributed by atoms with Crippen molar-refractivity contribution in [3.63, 3.8) is 0 Å². The Balaban J connectivity index is 1.98. The Kier molecular flexibility index (Phi) is 4.63. The van der Waals surface area contributed by atoms with Crippen molar-refractivity contribution in [2.24, 2.45) is 0 Å². The van der Waals surface area contributed by atoms with Crippen LogP contribution in [0.5, 0.6) is 0 Å². The standard InChI is InChI=1S/C14H21N3O2/c1-2-3-8-19-9-4-7-17-13-10-11(15)5-6-12(13)16-14(17)18/h5-6,10H,2-4,7-9,15H2,1H3,(H,16,18). The largest absolute Gasteiger partial charge is 0.399 e. The molecule has 1 aromatic heterocycles. The molecule has 0 spiro atoms. The Hall–Kier alpha value is -1.75. The third-order valence-electron chi connectivity index (χ3n) is 3.11. The van der Waals surface area contributed by atoms with Crippen molar-refractivity contribution in [2.45, 2.75) is 32.7 Å². The van der Waals surface area contributed by atoms with Crippen molar-refractivity contribution in [1.82, 2.24) is 9.55 Å². The van der Waals surface area contributed by atoms with Crippen molar-refractivity contribution in [2.75, 3.05) is 18.9 Å². The van der Waals surface area contributed by atoms with Crippen molar-refractivity contribution in [3.8, 4) is 0 Å². The van der Waals surface area contributed by atoms with Crippen LogP contribution in [0, 0.1) is 0 Å².